The number of ether oxygens (including phenoxy) is 1. The van der Waals surface area contributed by atoms with Crippen LogP contribution in [0.25, 0.3) is 10.9 Å². The van der Waals surface area contributed by atoms with Crippen LogP contribution in [0.4, 0.5) is 0 Å². The van der Waals surface area contributed by atoms with E-state index in [4.69, 9.17) is 4.74 Å². The van der Waals surface area contributed by atoms with Crippen LogP contribution in [0.1, 0.15) is 23.3 Å². The van der Waals surface area contributed by atoms with Gasteiger partial charge in [-0.1, -0.05) is 18.2 Å². The number of amides is 1. The molecule has 1 aliphatic rings. The van der Waals surface area contributed by atoms with E-state index in [1.807, 2.05) is 37.4 Å². The number of para-hydroxylation sites is 1. The van der Waals surface area contributed by atoms with Crippen molar-refractivity contribution in [1.82, 2.24) is 9.88 Å². The van der Waals surface area contributed by atoms with Gasteiger partial charge in [-0.3, -0.25) is 4.79 Å². The maximum absolute atomic E-state index is 12.3. The number of H-pyrrole nitrogens is 1. The van der Waals surface area contributed by atoms with E-state index in [2.05, 4.69) is 4.98 Å². The van der Waals surface area contributed by atoms with Gasteiger partial charge in [-0.05, 0) is 25.0 Å². The number of aromatic nitrogens is 1. The number of nitrogens with zero attached hydrogens (tertiary/aromatic N) is 1. The van der Waals surface area contributed by atoms with E-state index in [0.29, 0.717) is 12.2 Å². The first-order chi connectivity index (χ1) is 9.24. The number of benzene rings is 1. The Kier molecular flexibility index (Phi) is 3.25. The van der Waals surface area contributed by atoms with Gasteiger partial charge < -0.3 is 14.6 Å². The Hall–Kier alpha value is -1.81. The number of likely N-dealkylation sites (N-methyl/N-ethyl adjacent to an activating group) is 1. The number of nitrogens with one attached hydrogen (secondary N) is 1. The predicted octanol–water partition coefficient (Wildman–Crippen LogP) is 2.42. The third kappa shape index (κ3) is 2.49. The maximum atomic E-state index is 12.3. The molecule has 1 fully saturated rings. The van der Waals surface area contributed by atoms with Gasteiger partial charge >= 0.3 is 0 Å². The number of carbonyl (C=O) groups is 1. The summed E-state index contributed by atoms with van der Waals surface area (Å²) < 4.78 is 5.56. The molecule has 4 nitrogen and oxygen atoms in total. The third-order valence-corrected chi connectivity index (χ3v) is 3.61. The molecule has 1 aromatic heterocycles. The Balaban J connectivity index is 1.74. The van der Waals surface area contributed by atoms with Crippen molar-refractivity contribution in [1.29, 1.82) is 0 Å². The molecular weight excluding hydrogens is 240 g/mol. The molecule has 0 radical (unpaired) electrons. The van der Waals surface area contributed by atoms with Crippen LogP contribution in [0.2, 0.25) is 0 Å². The number of rotatable bonds is 3. The smallest absolute Gasteiger partial charge is 0.270 e. The molecule has 1 atom stereocenters. The summed E-state index contributed by atoms with van der Waals surface area (Å²) in [4.78, 5) is 17.2. The number of carbonyl (C=O) groups excluding carboxylic acids is 1. The first-order valence-corrected chi connectivity index (χ1v) is 6.69. The molecule has 1 amide bonds. The average Bonchev–Trinajstić information content (AvgIpc) is 3.05. The minimum atomic E-state index is 0.0201. The second kappa shape index (κ2) is 5.05. The van der Waals surface area contributed by atoms with Crippen molar-refractivity contribution < 1.29 is 9.53 Å². The van der Waals surface area contributed by atoms with E-state index in [9.17, 15) is 4.79 Å². The Bertz CT molecular complexity index is 552. The van der Waals surface area contributed by atoms with E-state index in [-0.39, 0.29) is 12.0 Å². The van der Waals surface area contributed by atoms with Crippen molar-refractivity contribution in [3.05, 3.63) is 36.0 Å². The van der Waals surface area contributed by atoms with Gasteiger partial charge in [0.1, 0.15) is 5.69 Å². The lowest BCUT2D eigenvalue weighted by molar-refractivity contribution is 0.0583. The van der Waals surface area contributed by atoms with Crippen molar-refractivity contribution in [2.24, 2.45) is 0 Å². The molecular formula is C15H18N2O2. The molecule has 1 N–H and O–H groups in total. The van der Waals surface area contributed by atoms with Crippen molar-refractivity contribution in [3.8, 4) is 0 Å². The molecule has 100 valence electrons. The fraction of sp³-hybridized carbons (Fsp3) is 0.400. The van der Waals surface area contributed by atoms with Crippen LogP contribution in [0.3, 0.4) is 0 Å². The van der Waals surface area contributed by atoms with Crippen molar-refractivity contribution in [2.75, 3.05) is 20.2 Å². The van der Waals surface area contributed by atoms with Gasteiger partial charge in [-0.15, -0.1) is 0 Å². The highest BCUT2D eigenvalue weighted by Crippen LogP contribution is 2.17. The molecule has 0 aliphatic carbocycles. The molecule has 1 unspecified atom stereocenters. The summed E-state index contributed by atoms with van der Waals surface area (Å²) in [5.74, 6) is 0.0201. The lowest BCUT2D eigenvalue weighted by atomic mass is 10.2. The predicted molar refractivity (Wildman–Crippen MR) is 74.2 cm³/mol. The van der Waals surface area contributed by atoms with Gasteiger partial charge in [-0.25, -0.2) is 0 Å². The van der Waals surface area contributed by atoms with Crippen molar-refractivity contribution in [3.63, 3.8) is 0 Å². The van der Waals surface area contributed by atoms with Gasteiger partial charge in [0, 0.05) is 31.1 Å². The fourth-order valence-electron chi connectivity index (χ4n) is 2.57. The Morgan fingerprint density at radius 3 is 3.05 bits per heavy atom. The van der Waals surface area contributed by atoms with Crippen LogP contribution in [-0.2, 0) is 4.74 Å². The van der Waals surface area contributed by atoms with Crippen LogP contribution >= 0.6 is 0 Å². The molecule has 1 aromatic carbocycles. The molecule has 0 spiro atoms. The van der Waals surface area contributed by atoms with Gasteiger partial charge in [-0.2, -0.15) is 0 Å². The van der Waals surface area contributed by atoms with Crippen LogP contribution < -0.4 is 0 Å². The minimum absolute atomic E-state index is 0.0201. The number of hydrogen-bond acceptors (Lipinski definition) is 2. The summed E-state index contributed by atoms with van der Waals surface area (Å²) in [6.45, 7) is 1.48. The minimum Gasteiger partial charge on any atom is -0.376 e. The first kappa shape index (κ1) is 12.2. The average molecular weight is 258 g/mol. The van der Waals surface area contributed by atoms with Crippen LogP contribution in [0, 0.1) is 0 Å². The molecule has 19 heavy (non-hydrogen) atoms. The quantitative estimate of drug-likeness (QED) is 0.919. The summed E-state index contributed by atoms with van der Waals surface area (Å²) in [7, 11) is 1.83. The van der Waals surface area contributed by atoms with E-state index < -0.39 is 0 Å². The Morgan fingerprint density at radius 2 is 2.32 bits per heavy atom. The summed E-state index contributed by atoms with van der Waals surface area (Å²) in [6, 6.07) is 9.82. The van der Waals surface area contributed by atoms with Gasteiger partial charge in [0.15, 0.2) is 0 Å². The van der Waals surface area contributed by atoms with Crippen LogP contribution in [0.5, 0.6) is 0 Å². The highest BCUT2D eigenvalue weighted by atomic mass is 16.5. The molecule has 4 heteroatoms. The van der Waals surface area contributed by atoms with E-state index >= 15 is 0 Å². The largest absolute Gasteiger partial charge is 0.376 e. The molecule has 1 aliphatic heterocycles. The van der Waals surface area contributed by atoms with E-state index in [1.54, 1.807) is 4.90 Å². The topological polar surface area (TPSA) is 45.3 Å². The number of aromatic amines is 1. The highest BCUT2D eigenvalue weighted by Gasteiger charge is 2.21. The first-order valence-electron chi connectivity index (χ1n) is 6.69. The van der Waals surface area contributed by atoms with Crippen LogP contribution in [-0.4, -0.2) is 42.1 Å². The molecule has 0 bridgehead atoms. The number of hydrogen-bond donors (Lipinski definition) is 1. The fourth-order valence-corrected chi connectivity index (χ4v) is 2.57. The summed E-state index contributed by atoms with van der Waals surface area (Å²) in [5, 5.41) is 1.07. The zero-order valence-electron chi connectivity index (χ0n) is 11.1. The lowest BCUT2D eigenvalue weighted by Crippen LogP contribution is -2.34. The monoisotopic (exact) mass is 258 g/mol. The molecule has 1 saturated heterocycles. The molecule has 3 rings (SSSR count). The summed E-state index contributed by atoms with van der Waals surface area (Å²) >= 11 is 0. The normalized spacial score (nSPS) is 18.9. The standard InChI is InChI=1S/C15H18N2O2/c1-17(10-12-6-4-8-19-12)15(18)14-9-11-5-2-3-7-13(11)16-14/h2-3,5,7,9,12,16H,4,6,8,10H2,1H3. The van der Waals surface area contributed by atoms with Crippen LogP contribution in [0.15, 0.2) is 30.3 Å². The summed E-state index contributed by atoms with van der Waals surface area (Å²) in [6.07, 6.45) is 2.34. The zero-order chi connectivity index (χ0) is 13.2. The zero-order valence-corrected chi connectivity index (χ0v) is 11.1. The third-order valence-electron chi connectivity index (χ3n) is 3.61. The van der Waals surface area contributed by atoms with E-state index in [1.165, 1.54) is 0 Å². The van der Waals surface area contributed by atoms with E-state index in [0.717, 1.165) is 30.4 Å². The lowest BCUT2D eigenvalue weighted by Gasteiger charge is -2.20. The molecule has 2 aromatic rings. The Morgan fingerprint density at radius 1 is 1.47 bits per heavy atom. The van der Waals surface area contributed by atoms with Crippen molar-refractivity contribution in [2.45, 2.75) is 18.9 Å². The van der Waals surface area contributed by atoms with Gasteiger partial charge in [0.05, 0.1) is 6.10 Å². The second-order valence-electron chi connectivity index (χ2n) is 5.09. The summed E-state index contributed by atoms with van der Waals surface area (Å²) in [5.41, 5.74) is 1.64. The Labute approximate surface area is 112 Å². The number of fused-ring (bicyclic) bond motifs is 1. The molecule has 2 heterocycles. The van der Waals surface area contributed by atoms with Gasteiger partial charge in [0.2, 0.25) is 0 Å². The SMILES string of the molecule is CN(CC1CCCO1)C(=O)c1cc2ccccc2[nH]1. The van der Waals surface area contributed by atoms with Crippen molar-refractivity contribution >= 4 is 16.8 Å². The highest BCUT2D eigenvalue weighted by molar-refractivity contribution is 5.97. The maximum Gasteiger partial charge on any atom is 0.270 e. The van der Waals surface area contributed by atoms with Gasteiger partial charge in [0.25, 0.3) is 5.91 Å². The molecule has 0 saturated carbocycles. The second-order valence-corrected chi connectivity index (χ2v) is 5.09.